The second-order valence-corrected chi connectivity index (χ2v) is 3.91. The molecule has 94 valence electrons. The van der Waals surface area contributed by atoms with E-state index in [1.807, 2.05) is 0 Å². The van der Waals surface area contributed by atoms with E-state index in [0.717, 1.165) is 12.1 Å². The van der Waals surface area contributed by atoms with Crippen LogP contribution in [0.5, 0.6) is 0 Å². The predicted molar refractivity (Wildman–Crippen MR) is 58.1 cm³/mol. The molecule has 0 aromatic heterocycles. The van der Waals surface area contributed by atoms with Crippen molar-refractivity contribution >= 4 is 5.91 Å². The molecule has 17 heavy (non-hydrogen) atoms. The predicted octanol–water partition coefficient (Wildman–Crippen LogP) is 2.76. The molecule has 0 heterocycles. The summed E-state index contributed by atoms with van der Waals surface area (Å²) >= 11 is 0. The molecule has 1 aromatic carbocycles. The van der Waals surface area contributed by atoms with Crippen molar-refractivity contribution in [3.63, 3.8) is 0 Å². The third-order valence-corrected chi connectivity index (χ3v) is 2.63. The summed E-state index contributed by atoms with van der Waals surface area (Å²) < 4.78 is 37.4. The van der Waals surface area contributed by atoms with E-state index >= 15 is 0 Å². The van der Waals surface area contributed by atoms with Gasteiger partial charge in [-0.05, 0) is 24.5 Å². The molecule has 0 radical (unpaired) electrons. The topological polar surface area (TPSA) is 43.1 Å². The molecule has 1 unspecified atom stereocenters. The molecular formula is C12H14F3NO. The summed E-state index contributed by atoms with van der Waals surface area (Å²) in [6.45, 7) is 1.78. The molecule has 1 amide bonds. The van der Waals surface area contributed by atoms with E-state index in [1.54, 1.807) is 13.0 Å². The van der Waals surface area contributed by atoms with Crippen LogP contribution in [0, 0.1) is 5.92 Å². The summed E-state index contributed by atoms with van der Waals surface area (Å²) in [5.74, 6) is -0.900. The lowest BCUT2D eigenvalue weighted by atomic mass is 9.95. The van der Waals surface area contributed by atoms with Crippen LogP contribution in [0.4, 0.5) is 13.2 Å². The van der Waals surface area contributed by atoms with E-state index in [-0.39, 0.29) is 6.42 Å². The van der Waals surface area contributed by atoms with Gasteiger partial charge in [0.2, 0.25) is 5.91 Å². The second kappa shape index (κ2) is 5.21. The summed E-state index contributed by atoms with van der Waals surface area (Å²) in [4.78, 5) is 11.0. The van der Waals surface area contributed by atoms with Gasteiger partial charge in [0.25, 0.3) is 0 Å². The van der Waals surface area contributed by atoms with Gasteiger partial charge in [-0.25, -0.2) is 0 Å². The molecule has 1 aromatic rings. The van der Waals surface area contributed by atoms with Gasteiger partial charge in [0.1, 0.15) is 0 Å². The van der Waals surface area contributed by atoms with Crippen molar-refractivity contribution in [3.05, 3.63) is 35.4 Å². The smallest absolute Gasteiger partial charge is 0.369 e. The lowest BCUT2D eigenvalue weighted by Gasteiger charge is -2.12. The Morgan fingerprint density at radius 2 is 2.06 bits per heavy atom. The minimum atomic E-state index is -4.36. The van der Waals surface area contributed by atoms with Crippen LogP contribution in [-0.4, -0.2) is 5.91 Å². The van der Waals surface area contributed by atoms with Gasteiger partial charge < -0.3 is 5.73 Å². The van der Waals surface area contributed by atoms with Crippen LogP contribution >= 0.6 is 0 Å². The van der Waals surface area contributed by atoms with Crippen LogP contribution in [0.15, 0.2) is 24.3 Å². The van der Waals surface area contributed by atoms with Crippen molar-refractivity contribution in [2.75, 3.05) is 0 Å². The number of halogens is 3. The van der Waals surface area contributed by atoms with Crippen LogP contribution in [0.2, 0.25) is 0 Å². The molecule has 0 fully saturated rings. The zero-order chi connectivity index (χ0) is 13.1. The molecular weight excluding hydrogens is 231 g/mol. The largest absolute Gasteiger partial charge is 0.416 e. The van der Waals surface area contributed by atoms with E-state index in [2.05, 4.69) is 0 Å². The third-order valence-electron chi connectivity index (χ3n) is 2.63. The van der Waals surface area contributed by atoms with Gasteiger partial charge in [0.15, 0.2) is 0 Å². The summed E-state index contributed by atoms with van der Waals surface area (Å²) in [5.41, 5.74) is 4.94. The van der Waals surface area contributed by atoms with Crippen LogP contribution in [0.1, 0.15) is 24.5 Å². The summed E-state index contributed by atoms with van der Waals surface area (Å²) in [6, 6.07) is 4.98. The molecule has 0 aliphatic rings. The standard InChI is InChI=1S/C12H14F3NO/c1-2-9(11(16)17)6-8-4-3-5-10(7-8)12(13,14)15/h3-5,7,9H,2,6H2,1H3,(H2,16,17). The Labute approximate surface area is 97.6 Å². The van der Waals surface area contributed by atoms with E-state index in [4.69, 9.17) is 5.73 Å². The molecule has 0 aliphatic heterocycles. The fourth-order valence-electron chi connectivity index (χ4n) is 1.61. The number of hydrogen-bond donors (Lipinski definition) is 1. The Morgan fingerprint density at radius 3 is 2.53 bits per heavy atom. The van der Waals surface area contributed by atoms with Crippen molar-refractivity contribution in [2.45, 2.75) is 25.9 Å². The highest BCUT2D eigenvalue weighted by atomic mass is 19.4. The number of rotatable bonds is 4. The maximum Gasteiger partial charge on any atom is 0.416 e. The molecule has 0 spiro atoms. The van der Waals surface area contributed by atoms with Crippen LogP contribution in [-0.2, 0) is 17.4 Å². The van der Waals surface area contributed by atoms with Crippen LogP contribution < -0.4 is 5.73 Å². The Morgan fingerprint density at radius 1 is 1.41 bits per heavy atom. The number of hydrogen-bond acceptors (Lipinski definition) is 1. The number of carbonyl (C=O) groups excluding carboxylic acids is 1. The monoisotopic (exact) mass is 245 g/mol. The highest BCUT2D eigenvalue weighted by Crippen LogP contribution is 2.30. The van der Waals surface area contributed by atoms with Gasteiger partial charge in [-0.2, -0.15) is 13.2 Å². The maximum absolute atomic E-state index is 12.5. The molecule has 1 rings (SSSR count). The average molecular weight is 245 g/mol. The molecule has 2 nitrogen and oxygen atoms in total. The van der Waals surface area contributed by atoms with Crippen molar-refractivity contribution in [3.8, 4) is 0 Å². The number of carbonyl (C=O) groups is 1. The number of primary amides is 1. The zero-order valence-corrected chi connectivity index (χ0v) is 9.42. The number of nitrogens with two attached hydrogens (primary N) is 1. The fraction of sp³-hybridized carbons (Fsp3) is 0.417. The molecule has 0 aliphatic carbocycles. The van der Waals surface area contributed by atoms with E-state index < -0.39 is 23.6 Å². The van der Waals surface area contributed by atoms with Gasteiger partial charge >= 0.3 is 6.18 Å². The van der Waals surface area contributed by atoms with Gasteiger partial charge in [-0.1, -0.05) is 25.1 Å². The van der Waals surface area contributed by atoms with Gasteiger partial charge in [0, 0.05) is 5.92 Å². The van der Waals surface area contributed by atoms with Gasteiger partial charge in [0.05, 0.1) is 5.56 Å². The SMILES string of the molecule is CCC(Cc1cccc(C(F)(F)F)c1)C(N)=O. The van der Waals surface area contributed by atoms with Crippen molar-refractivity contribution in [2.24, 2.45) is 11.7 Å². The Hall–Kier alpha value is -1.52. The molecule has 1 atom stereocenters. The van der Waals surface area contributed by atoms with Crippen molar-refractivity contribution in [1.82, 2.24) is 0 Å². The minimum absolute atomic E-state index is 0.246. The third kappa shape index (κ3) is 3.76. The van der Waals surface area contributed by atoms with E-state index in [1.165, 1.54) is 6.07 Å². The van der Waals surface area contributed by atoms with Crippen LogP contribution in [0.3, 0.4) is 0 Å². The normalized spacial score (nSPS) is 13.4. The Balaban J connectivity index is 2.89. The van der Waals surface area contributed by atoms with Crippen LogP contribution in [0.25, 0.3) is 0 Å². The summed E-state index contributed by atoms with van der Waals surface area (Å²) in [6.07, 6.45) is -3.59. The first-order valence-corrected chi connectivity index (χ1v) is 5.30. The zero-order valence-electron chi connectivity index (χ0n) is 9.42. The fourth-order valence-corrected chi connectivity index (χ4v) is 1.61. The molecule has 0 bridgehead atoms. The Bertz CT molecular complexity index is 401. The number of amides is 1. The minimum Gasteiger partial charge on any atom is -0.369 e. The first-order chi connectivity index (χ1) is 7.84. The average Bonchev–Trinajstić information content (AvgIpc) is 2.24. The van der Waals surface area contributed by atoms with Crippen molar-refractivity contribution in [1.29, 1.82) is 0 Å². The first kappa shape index (κ1) is 13.5. The maximum atomic E-state index is 12.5. The molecule has 2 N–H and O–H groups in total. The quantitative estimate of drug-likeness (QED) is 0.870. The lowest BCUT2D eigenvalue weighted by molar-refractivity contribution is -0.137. The second-order valence-electron chi connectivity index (χ2n) is 3.91. The van der Waals surface area contributed by atoms with Gasteiger partial charge in [-0.15, -0.1) is 0 Å². The highest BCUT2D eigenvalue weighted by molar-refractivity contribution is 5.76. The lowest BCUT2D eigenvalue weighted by Crippen LogP contribution is -2.24. The molecule has 5 heteroatoms. The number of benzene rings is 1. The van der Waals surface area contributed by atoms with E-state index in [9.17, 15) is 18.0 Å². The highest BCUT2D eigenvalue weighted by Gasteiger charge is 2.30. The Kier molecular flexibility index (Phi) is 4.15. The van der Waals surface area contributed by atoms with Gasteiger partial charge in [-0.3, -0.25) is 4.79 Å². The first-order valence-electron chi connectivity index (χ1n) is 5.30. The van der Waals surface area contributed by atoms with Crippen molar-refractivity contribution < 1.29 is 18.0 Å². The molecule has 0 saturated heterocycles. The summed E-state index contributed by atoms with van der Waals surface area (Å²) in [7, 11) is 0. The molecule has 0 saturated carbocycles. The number of alkyl halides is 3. The summed E-state index contributed by atoms with van der Waals surface area (Å²) in [5, 5.41) is 0. The van der Waals surface area contributed by atoms with E-state index in [0.29, 0.717) is 12.0 Å².